The molecule has 0 bridgehead atoms. The fourth-order valence-corrected chi connectivity index (χ4v) is 2.84. The Morgan fingerprint density at radius 1 is 1.14 bits per heavy atom. The lowest BCUT2D eigenvalue weighted by Crippen LogP contribution is -2.26. The van der Waals surface area contributed by atoms with E-state index in [9.17, 15) is 0 Å². The number of hydrogen-bond donors (Lipinski definition) is 1. The Balaban J connectivity index is 1.65. The SMILES string of the molecule is COc1ccc(Cc2ccc(C3CCCCN3)cn2)cc1. The maximum absolute atomic E-state index is 5.18. The van der Waals surface area contributed by atoms with E-state index in [0.29, 0.717) is 6.04 Å². The minimum Gasteiger partial charge on any atom is -0.497 e. The first-order chi connectivity index (χ1) is 10.3. The van der Waals surface area contributed by atoms with Crippen LogP contribution in [0.25, 0.3) is 0 Å². The van der Waals surface area contributed by atoms with Gasteiger partial charge in [-0.3, -0.25) is 4.98 Å². The van der Waals surface area contributed by atoms with Crippen molar-refractivity contribution in [2.75, 3.05) is 13.7 Å². The Bertz CT molecular complexity index is 557. The fourth-order valence-electron chi connectivity index (χ4n) is 2.84. The van der Waals surface area contributed by atoms with Crippen molar-refractivity contribution in [1.82, 2.24) is 10.3 Å². The normalized spacial score (nSPS) is 18.4. The summed E-state index contributed by atoms with van der Waals surface area (Å²) in [6.07, 6.45) is 6.72. The van der Waals surface area contributed by atoms with Gasteiger partial charge >= 0.3 is 0 Å². The number of nitrogens with one attached hydrogen (secondary N) is 1. The first kappa shape index (κ1) is 14.1. The summed E-state index contributed by atoms with van der Waals surface area (Å²) >= 11 is 0. The molecule has 1 N–H and O–H groups in total. The number of piperidine rings is 1. The molecule has 1 aliphatic rings. The van der Waals surface area contributed by atoms with Gasteiger partial charge in [-0.1, -0.05) is 24.6 Å². The lowest BCUT2D eigenvalue weighted by atomic mass is 9.98. The number of nitrogens with zero attached hydrogens (tertiary/aromatic N) is 1. The highest BCUT2D eigenvalue weighted by Crippen LogP contribution is 2.22. The number of pyridine rings is 1. The van der Waals surface area contributed by atoms with Crippen molar-refractivity contribution in [3.63, 3.8) is 0 Å². The van der Waals surface area contributed by atoms with Crippen LogP contribution in [-0.2, 0) is 6.42 Å². The van der Waals surface area contributed by atoms with Gasteiger partial charge in [0.15, 0.2) is 0 Å². The summed E-state index contributed by atoms with van der Waals surface area (Å²) in [5.74, 6) is 0.894. The third-order valence-corrected chi connectivity index (χ3v) is 4.10. The predicted molar refractivity (Wildman–Crippen MR) is 84.6 cm³/mol. The topological polar surface area (TPSA) is 34.1 Å². The van der Waals surface area contributed by atoms with Crippen molar-refractivity contribution in [3.8, 4) is 5.75 Å². The number of aromatic nitrogens is 1. The standard InChI is InChI=1S/C18H22N2O/c1-21-17-9-5-14(6-10-17)12-16-8-7-15(13-20-16)18-4-2-3-11-19-18/h5-10,13,18-19H,2-4,11-12H2,1H3. The van der Waals surface area contributed by atoms with E-state index in [2.05, 4.69) is 34.6 Å². The molecule has 1 aromatic carbocycles. The summed E-state index contributed by atoms with van der Waals surface area (Å²) < 4.78 is 5.18. The second-order valence-electron chi connectivity index (χ2n) is 5.61. The van der Waals surface area contributed by atoms with E-state index in [1.807, 2.05) is 18.3 Å². The Kier molecular flexibility index (Phi) is 4.51. The molecule has 3 heteroatoms. The molecule has 1 atom stereocenters. The molecule has 0 aliphatic carbocycles. The molecule has 2 heterocycles. The van der Waals surface area contributed by atoms with Gasteiger partial charge in [0.2, 0.25) is 0 Å². The quantitative estimate of drug-likeness (QED) is 0.932. The van der Waals surface area contributed by atoms with E-state index < -0.39 is 0 Å². The molecule has 3 nitrogen and oxygen atoms in total. The highest BCUT2D eigenvalue weighted by molar-refractivity contribution is 5.30. The maximum atomic E-state index is 5.18. The number of methoxy groups -OCH3 is 1. The van der Waals surface area contributed by atoms with E-state index in [1.165, 1.54) is 30.4 Å². The molecule has 1 aliphatic heterocycles. The summed E-state index contributed by atoms with van der Waals surface area (Å²) in [4.78, 5) is 4.62. The molecule has 1 fully saturated rings. The van der Waals surface area contributed by atoms with E-state index in [-0.39, 0.29) is 0 Å². The van der Waals surface area contributed by atoms with Crippen LogP contribution < -0.4 is 10.1 Å². The Hall–Kier alpha value is -1.87. The second kappa shape index (κ2) is 6.72. The smallest absolute Gasteiger partial charge is 0.118 e. The van der Waals surface area contributed by atoms with Gasteiger partial charge in [0.05, 0.1) is 7.11 Å². The Morgan fingerprint density at radius 3 is 2.62 bits per heavy atom. The number of rotatable bonds is 4. The maximum Gasteiger partial charge on any atom is 0.118 e. The van der Waals surface area contributed by atoms with E-state index in [4.69, 9.17) is 4.74 Å². The van der Waals surface area contributed by atoms with Gasteiger partial charge < -0.3 is 10.1 Å². The van der Waals surface area contributed by atoms with E-state index >= 15 is 0 Å². The lowest BCUT2D eigenvalue weighted by Gasteiger charge is -2.23. The van der Waals surface area contributed by atoms with Crippen LogP contribution in [0.3, 0.4) is 0 Å². The molecule has 0 saturated carbocycles. The molecule has 1 unspecified atom stereocenters. The van der Waals surface area contributed by atoms with Crippen molar-refractivity contribution in [1.29, 1.82) is 0 Å². The van der Waals surface area contributed by atoms with Gasteiger partial charge in [-0.2, -0.15) is 0 Å². The predicted octanol–water partition coefficient (Wildman–Crippen LogP) is 3.50. The molecule has 3 rings (SSSR count). The van der Waals surface area contributed by atoms with Crippen LogP contribution in [0.4, 0.5) is 0 Å². The fraction of sp³-hybridized carbons (Fsp3) is 0.389. The van der Waals surface area contributed by atoms with Gasteiger partial charge in [-0.15, -0.1) is 0 Å². The summed E-state index contributed by atoms with van der Waals surface area (Å²) in [6, 6.07) is 13.0. The van der Waals surface area contributed by atoms with E-state index in [1.54, 1.807) is 7.11 Å². The molecule has 0 radical (unpaired) electrons. The third kappa shape index (κ3) is 3.61. The number of benzene rings is 1. The average molecular weight is 282 g/mol. The molecular formula is C18H22N2O. The first-order valence-electron chi connectivity index (χ1n) is 7.66. The molecule has 0 amide bonds. The van der Waals surface area contributed by atoms with Crippen molar-refractivity contribution in [2.45, 2.75) is 31.7 Å². The molecule has 21 heavy (non-hydrogen) atoms. The zero-order chi connectivity index (χ0) is 14.5. The van der Waals surface area contributed by atoms with Crippen LogP contribution in [0.15, 0.2) is 42.6 Å². The summed E-state index contributed by atoms with van der Waals surface area (Å²) in [7, 11) is 1.69. The van der Waals surface area contributed by atoms with Gasteiger partial charge in [-0.05, 0) is 48.7 Å². The van der Waals surface area contributed by atoms with Gasteiger partial charge in [-0.25, -0.2) is 0 Å². The minimum absolute atomic E-state index is 0.487. The van der Waals surface area contributed by atoms with Crippen LogP contribution >= 0.6 is 0 Å². The second-order valence-corrected chi connectivity index (χ2v) is 5.61. The third-order valence-electron chi connectivity index (χ3n) is 4.10. The largest absolute Gasteiger partial charge is 0.497 e. The van der Waals surface area contributed by atoms with Crippen LogP contribution in [0.1, 0.15) is 42.1 Å². The van der Waals surface area contributed by atoms with Crippen LogP contribution in [-0.4, -0.2) is 18.6 Å². The van der Waals surface area contributed by atoms with Crippen LogP contribution in [0, 0.1) is 0 Å². The van der Waals surface area contributed by atoms with Crippen molar-refractivity contribution in [2.24, 2.45) is 0 Å². The molecule has 0 spiro atoms. The van der Waals surface area contributed by atoms with Crippen molar-refractivity contribution in [3.05, 3.63) is 59.4 Å². The van der Waals surface area contributed by atoms with E-state index in [0.717, 1.165) is 24.4 Å². The Labute approximate surface area is 126 Å². The molecule has 2 aromatic rings. The van der Waals surface area contributed by atoms with Crippen molar-refractivity contribution >= 4 is 0 Å². The van der Waals surface area contributed by atoms with Gasteiger partial charge in [0, 0.05) is 24.4 Å². The average Bonchev–Trinajstić information content (AvgIpc) is 2.57. The molecule has 110 valence electrons. The summed E-state index contributed by atoms with van der Waals surface area (Å²) in [6.45, 7) is 1.12. The van der Waals surface area contributed by atoms with Gasteiger partial charge in [0.25, 0.3) is 0 Å². The minimum atomic E-state index is 0.487. The first-order valence-corrected chi connectivity index (χ1v) is 7.66. The van der Waals surface area contributed by atoms with Crippen molar-refractivity contribution < 1.29 is 4.74 Å². The monoisotopic (exact) mass is 282 g/mol. The highest BCUT2D eigenvalue weighted by Gasteiger charge is 2.14. The zero-order valence-electron chi connectivity index (χ0n) is 12.5. The summed E-state index contributed by atoms with van der Waals surface area (Å²) in [5, 5.41) is 3.56. The zero-order valence-corrected chi connectivity index (χ0v) is 12.5. The number of hydrogen-bond acceptors (Lipinski definition) is 3. The highest BCUT2D eigenvalue weighted by atomic mass is 16.5. The number of ether oxygens (including phenoxy) is 1. The molecule has 1 aromatic heterocycles. The van der Waals surface area contributed by atoms with Crippen LogP contribution in [0.5, 0.6) is 5.75 Å². The Morgan fingerprint density at radius 2 is 2.00 bits per heavy atom. The lowest BCUT2D eigenvalue weighted by molar-refractivity contribution is 0.411. The van der Waals surface area contributed by atoms with Gasteiger partial charge in [0.1, 0.15) is 5.75 Å². The molecular weight excluding hydrogens is 260 g/mol. The molecule has 1 saturated heterocycles. The summed E-state index contributed by atoms with van der Waals surface area (Å²) in [5.41, 5.74) is 3.68. The van der Waals surface area contributed by atoms with Crippen LogP contribution in [0.2, 0.25) is 0 Å².